The Kier molecular flexibility index (Phi) is 4.62. The Morgan fingerprint density at radius 2 is 1.58 bits per heavy atom. The minimum atomic E-state index is 0.118. The van der Waals surface area contributed by atoms with Crippen LogP contribution in [0.4, 0.5) is 0 Å². The molecule has 2 aromatic heterocycles. The summed E-state index contributed by atoms with van der Waals surface area (Å²) in [6.07, 6.45) is 2.96. The highest BCUT2D eigenvalue weighted by molar-refractivity contribution is 6.08. The van der Waals surface area contributed by atoms with Crippen LogP contribution in [0.2, 0.25) is 0 Å². The van der Waals surface area contributed by atoms with Gasteiger partial charge in [0.25, 0.3) is 0 Å². The molecule has 0 amide bonds. The highest BCUT2D eigenvalue weighted by atomic mass is 15.3. The lowest BCUT2D eigenvalue weighted by Gasteiger charge is -2.19. The molecule has 5 aromatic rings. The summed E-state index contributed by atoms with van der Waals surface area (Å²) >= 11 is 0. The normalized spacial score (nSPS) is 12.0. The second kappa shape index (κ2) is 7.35. The average molecular weight is 406 g/mol. The zero-order valence-corrected chi connectivity index (χ0v) is 18.6. The molecule has 3 aromatic carbocycles. The van der Waals surface area contributed by atoms with Crippen LogP contribution in [0.15, 0.2) is 79.0 Å². The molecule has 0 unspecified atom stereocenters. The number of rotatable bonds is 3. The van der Waals surface area contributed by atoms with Crippen LogP contribution < -0.4 is 0 Å². The van der Waals surface area contributed by atoms with Gasteiger partial charge in [-0.15, -0.1) is 0 Å². The van der Waals surface area contributed by atoms with E-state index in [4.69, 9.17) is 10.1 Å². The molecule has 2 heterocycles. The maximum Gasteiger partial charge on any atom is 0.102 e. The number of hydrogen-bond donors (Lipinski definition) is 0. The van der Waals surface area contributed by atoms with Crippen LogP contribution in [-0.2, 0) is 11.8 Å². The number of pyridine rings is 1. The Bertz CT molecular complexity index is 1370. The summed E-state index contributed by atoms with van der Waals surface area (Å²) in [7, 11) is 0. The van der Waals surface area contributed by atoms with E-state index in [1.54, 1.807) is 0 Å². The zero-order chi connectivity index (χ0) is 21.6. The molecule has 0 atom stereocenters. The first-order chi connectivity index (χ1) is 15.0. The van der Waals surface area contributed by atoms with Crippen LogP contribution in [0.3, 0.4) is 0 Å². The van der Waals surface area contributed by atoms with Gasteiger partial charge in [-0.05, 0) is 47.2 Å². The highest BCUT2D eigenvalue weighted by Gasteiger charge is 2.18. The summed E-state index contributed by atoms with van der Waals surface area (Å²) < 4.78 is 2.09. The minimum absolute atomic E-state index is 0.118. The van der Waals surface area contributed by atoms with Gasteiger partial charge in [-0.25, -0.2) is 4.68 Å². The van der Waals surface area contributed by atoms with Crippen molar-refractivity contribution in [1.29, 1.82) is 0 Å². The van der Waals surface area contributed by atoms with E-state index in [1.807, 2.05) is 12.3 Å². The molecule has 0 spiro atoms. The molecule has 0 saturated carbocycles. The smallest absolute Gasteiger partial charge is 0.102 e. The monoisotopic (exact) mass is 405 g/mol. The van der Waals surface area contributed by atoms with Gasteiger partial charge in [-0.2, -0.15) is 5.10 Å². The van der Waals surface area contributed by atoms with Crippen LogP contribution in [0.1, 0.15) is 38.8 Å². The molecule has 0 bridgehead atoms. The molecule has 3 heteroatoms. The van der Waals surface area contributed by atoms with Crippen molar-refractivity contribution in [3.8, 4) is 16.9 Å². The van der Waals surface area contributed by atoms with Crippen molar-refractivity contribution in [2.75, 3.05) is 0 Å². The van der Waals surface area contributed by atoms with Crippen LogP contribution >= 0.6 is 0 Å². The first kappa shape index (κ1) is 19.5. The zero-order valence-electron chi connectivity index (χ0n) is 18.6. The first-order valence-electron chi connectivity index (χ1n) is 10.9. The van der Waals surface area contributed by atoms with Gasteiger partial charge in [0.1, 0.15) is 5.69 Å². The second-order valence-corrected chi connectivity index (χ2v) is 9.15. The van der Waals surface area contributed by atoms with E-state index in [-0.39, 0.29) is 5.41 Å². The lowest BCUT2D eigenvalue weighted by molar-refractivity contribution is 0.590. The summed E-state index contributed by atoms with van der Waals surface area (Å²) in [5, 5.41) is 7.32. The highest BCUT2D eigenvalue weighted by Crippen LogP contribution is 2.34. The molecule has 5 rings (SSSR count). The number of benzene rings is 3. The fourth-order valence-electron chi connectivity index (χ4n) is 4.15. The summed E-state index contributed by atoms with van der Waals surface area (Å²) in [6, 6.07) is 25.7. The predicted molar refractivity (Wildman–Crippen MR) is 130 cm³/mol. The summed E-state index contributed by atoms with van der Waals surface area (Å²) in [5.74, 6) is 0. The molecule has 3 nitrogen and oxygen atoms in total. The van der Waals surface area contributed by atoms with E-state index < -0.39 is 0 Å². The molecular formula is C28H27N3. The molecular weight excluding hydrogens is 378 g/mol. The Labute approximate surface area is 183 Å². The Morgan fingerprint density at radius 3 is 2.26 bits per heavy atom. The topological polar surface area (TPSA) is 30.7 Å². The quantitative estimate of drug-likeness (QED) is 0.320. The summed E-state index contributed by atoms with van der Waals surface area (Å²) in [4.78, 5) is 4.77. The predicted octanol–water partition coefficient (Wildman–Crippen LogP) is 7.10. The fourth-order valence-corrected chi connectivity index (χ4v) is 4.15. The molecule has 0 aliphatic heterocycles. The average Bonchev–Trinajstić information content (AvgIpc) is 3.19. The Hall–Kier alpha value is -3.46. The standard InChI is InChI=1S/C28H27N3/c1-5-19-11-16-25-23(17-19)27-24(18-29-25)26(20-9-7-6-8-10-20)30-31(27)22-14-12-21(13-15-22)28(2,3)4/h6-18H,5H2,1-4H3. The van der Waals surface area contributed by atoms with Crippen LogP contribution in [0.25, 0.3) is 38.8 Å². The third-order valence-electron chi connectivity index (χ3n) is 6.00. The van der Waals surface area contributed by atoms with E-state index in [0.29, 0.717) is 0 Å². The van der Waals surface area contributed by atoms with Gasteiger partial charge < -0.3 is 0 Å². The van der Waals surface area contributed by atoms with E-state index in [9.17, 15) is 0 Å². The Morgan fingerprint density at radius 1 is 0.839 bits per heavy atom. The largest absolute Gasteiger partial charge is 0.255 e. The number of aromatic nitrogens is 3. The van der Waals surface area contributed by atoms with Crippen molar-refractivity contribution >= 4 is 21.8 Å². The van der Waals surface area contributed by atoms with Gasteiger partial charge in [-0.1, -0.05) is 76.2 Å². The van der Waals surface area contributed by atoms with Crippen molar-refractivity contribution in [2.24, 2.45) is 0 Å². The second-order valence-electron chi connectivity index (χ2n) is 9.15. The third-order valence-corrected chi connectivity index (χ3v) is 6.00. The molecule has 0 N–H and O–H groups in total. The fraction of sp³-hybridized carbons (Fsp3) is 0.214. The van der Waals surface area contributed by atoms with Crippen LogP contribution in [0, 0.1) is 0 Å². The van der Waals surface area contributed by atoms with Crippen molar-refractivity contribution in [2.45, 2.75) is 39.5 Å². The number of nitrogens with zero attached hydrogens (tertiary/aromatic N) is 3. The maximum atomic E-state index is 5.10. The SMILES string of the molecule is CCc1ccc2ncc3c(-c4ccccc4)nn(-c4ccc(C(C)(C)C)cc4)c3c2c1. The van der Waals surface area contributed by atoms with Gasteiger partial charge in [-0.3, -0.25) is 4.98 Å². The summed E-state index contributed by atoms with van der Waals surface area (Å²) in [5.41, 5.74) is 7.98. The van der Waals surface area contributed by atoms with E-state index in [0.717, 1.165) is 45.2 Å². The van der Waals surface area contributed by atoms with Gasteiger partial charge in [0, 0.05) is 22.5 Å². The van der Waals surface area contributed by atoms with Gasteiger partial charge >= 0.3 is 0 Å². The van der Waals surface area contributed by atoms with Crippen molar-refractivity contribution < 1.29 is 0 Å². The molecule has 154 valence electrons. The van der Waals surface area contributed by atoms with Gasteiger partial charge in [0.15, 0.2) is 0 Å². The first-order valence-corrected chi connectivity index (χ1v) is 10.9. The van der Waals surface area contributed by atoms with E-state index >= 15 is 0 Å². The van der Waals surface area contributed by atoms with Gasteiger partial charge in [0.05, 0.1) is 16.7 Å². The third kappa shape index (κ3) is 3.40. The maximum absolute atomic E-state index is 5.10. The number of hydrogen-bond acceptors (Lipinski definition) is 2. The minimum Gasteiger partial charge on any atom is -0.255 e. The van der Waals surface area contributed by atoms with Crippen LogP contribution in [0.5, 0.6) is 0 Å². The van der Waals surface area contributed by atoms with Crippen LogP contribution in [-0.4, -0.2) is 14.8 Å². The molecule has 0 aliphatic rings. The molecule has 31 heavy (non-hydrogen) atoms. The number of fused-ring (bicyclic) bond motifs is 3. The summed E-state index contributed by atoms with van der Waals surface area (Å²) in [6.45, 7) is 8.91. The lowest BCUT2D eigenvalue weighted by atomic mass is 9.87. The van der Waals surface area contributed by atoms with Crippen molar-refractivity contribution in [3.05, 3.63) is 90.1 Å². The van der Waals surface area contributed by atoms with Crippen molar-refractivity contribution in [1.82, 2.24) is 14.8 Å². The molecule has 0 aliphatic carbocycles. The number of aryl methyl sites for hydroxylation is 1. The van der Waals surface area contributed by atoms with E-state index in [1.165, 1.54) is 11.1 Å². The Balaban J connectivity index is 1.83. The molecule has 0 saturated heterocycles. The van der Waals surface area contributed by atoms with E-state index in [2.05, 4.69) is 99.1 Å². The van der Waals surface area contributed by atoms with Gasteiger partial charge in [0.2, 0.25) is 0 Å². The lowest BCUT2D eigenvalue weighted by Crippen LogP contribution is -2.11. The molecule has 0 radical (unpaired) electrons. The molecule has 0 fully saturated rings. The van der Waals surface area contributed by atoms with Crippen molar-refractivity contribution in [3.63, 3.8) is 0 Å².